The molecule has 1 saturated carbocycles. The van der Waals surface area contributed by atoms with Crippen LogP contribution in [-0.4, -0.2) is 38.8 Å². The fourth-order valence-electron chi connectivity index (χ4n) is 1.31. The standard InChI is InChI=1S/C11H22N2O2/c1-9(5-6-15-2)12-8-11(14)13-7-10-3-4-10/h9-10,12H,3-8H2,1-2H3,(H,13,14). The van der Waals surface area contributed by atoms with Gasteiger partial charge in [0, 0.05) is 26.3 Å². The molecule has 0 heterocycles. The molecule has 1 rings (SSSR count). The maximum absolute atomic E-state index is 11.3. The van der Waals surface area contributed by atoms with Crippen LogP contribution in [0.4, 0.5) is 0 Å². The Morgan fingerprint density at radius 3 is 2.87 bits per heavy atom. The molecule has 0 aliphatic heterocycles. The van der Waals surface area contributed by atoms with Gasteiger partial charge in [-0.3, -0.25) is 4.79 Å². The summed E-state index contributed by atoms with van der Waals surface area (Å²) in [5.74, 6) is 0.853. The van der Waals surface area contributed by atoms with Crippen molar-refractivity contribution >= 4 is 5.91 Å². The minimum absolute atomic E-state index is 0.103. The van der Waals surface area contributed by atoms with E-state index in [4.69, 9.17) is 4.74 Å². The first-order valence-corrected chi connectivity index (χ1v) is 5.71. The van der Waals surface area contributed by atoms with E-state index in [9.17, 15) is 4.79 Å². The minimum Gasteiger partial charge on any atom is -0.385 e. The fraction of sp³-hybridized carbons (Fsp3) is 0.909. The summed E-state index contributed by atoms with van der Waals surface area (Å²) in [5, 5.41) is 6.09. The molecule has 0 radical (unpaired) electrons. The van der Waals surface area contributed by atoms with E-state index in [-0.39, 0.29) is 5.91 Å². The van der Waals surface area contributed by atoms with Crippen LogP contribution >= 0.6 is 0 Å². The summed E-state index contributed by atoms with van der Waals surface area (Å²) >= 11 is 0. The Bertz CT molecular complexity index is 193. The van der Waals surface area contributed by atoms with E-state index in [0.717, 1.165) is 25.5 Å². The number of nitrogens with one attached hydrogen (secondary N) is 2. The number of carbonyl (C=O) groups is 1. The summed E-state index contributed by atoms with van der Waals surface area (Å²) in [7, 11) is 1.69. The molecule has 1 aliphatic carbocycles. The predicted octanol–water partition coefficient (Wildman–Crippen LogP) is 0.527. The van der Waals surface area contributed by atoms with E-state index in [1.807, 2.05) is 0 Å². The molecule has 0 aromatic heterocycles. The van der Waals surface area contributed by atoms with Gasteiger partial charge in [-0.15, -0.1) is 0 Å². The average molecular weight is 214 g/mol. The summed E-state index contributed by atoms with van der Waals surface area (Å²) in [6.45, 7) is 4.07. The van der Waals surface area contributed by atoms with Gasteiger partial charge in [-0.1, -0.05) is 0 Å². The number of carbonyl (C=O) groups excluding carboxylic acids is 1. The number of methoxy groups -OCH3 is 1. The highest BCUT2D eigenvalue weighted by atomic mass is 16.5. The van der Waals surface area contributed by atoms with Crippen LogP contribution in [0.2, 0.25) is 0 Å². The number of amides is 1. The second-order valence-corrected chi connectivity index (χ2v) is 4.31. The lowest BCUT2D eigenvalue weighted by Crippen LogP contribution is -2.39. The van der Waals surface area contributed by atoms with Crippen LogP contribution in [0, 0.1) is 5.92 Å². The zero-order valence-corrected chi connectivity index (χ0v) is 9.71. The third kappa shape index (κ3) is 6.47. The third-order valence-electron chi connectivity index (χ3n) is 2.65. The predicted molar refractivity (Wildman–Crippen MR) is 59.7 cm³/mol. The van der Waals surface area contributed by atoms with Gasteiger partial charge in [-0.25, -0.2) is 0 Å². The van der Waals surface area contributed by atoms with Crippen molar-refractivity contribution in [2.24, 2.45) is 5.92 Å². The van der Waals surface area contributed by atoms with E-state index in [0.29, 0.717) is 12.6 Å². The maximum Gasteiger partial charge on any atom is 0.233 e. The Labute approximate surface area is 91.8 Å². The molecule has 2 N–H and O–H groups in total. The zero-order chi connectivity index (χ0) is 11.1. The minimum atomic E-state index is 0.103. The van der Waals surface area contributed by atoms with Gasteiger partial charge in [-0.05, 0) is 32.1 Å². The molecule has 1 unspecified atom stereocenters. The van der Waals surface area contributed by atoms with Crippen molar-refractivity contribution in [3.63, 3.8) is 0 Å². The largest absolute Gasteiger partial charge is 0.385 e. The lowest BCUT2D eigenvalue weighted by Gasteiger charge is -2.12. The van der Waals surface area contributed by atoms with Crippen LogP contribution in [0.3, 0.4) is 0 Å². The van der Waals surface area contributed by atoms with Crippen LogP contribution in [0.1, 0.15) is 26.2 Å². The first kappa shape index (κ1) is 12.5. The molecule has 1 fully saturated rings. The quantitative estimate of drug-likeness (QED) is 0.619. The summed E-state index contributed by atoms with van der Waals surface area (Å²) in [6, 6.07) is 0.330. The lowest BCUT2D eigenvalue weighted by molar-refractivity contribution is -0.120. The molecule has 0 bridgehead atoms. The Morgan fingerprint density at radius 1 is 1.53 bits per heavy atom. The molecule has 0 saturated heterocycles. The Balaban J connectivity index is 1.94. The highest BCUT2D eigenvalue weighted by Crippen LogP contribution is 2.27. The maximum atomic E-state index is 11.3. The van der Waals surface area contributed by atoms with Crippen molar-refractivity contribution in [3.05, 3.63) is 0 Å². The molecule has 15 heavy (non-hydrogen) atoms. The summed E-state index contributed by atoms with van der Waals surface area (Å²) in [5.41, 5.74) is 0. The normalized spacial score (nSPS) is 17.5. The van der Waals surface area contributed by atoms with Crippen LogP contribution in [0.5, 0.6) is 0 Å². The van der Waals surface area contributed by atoms with Crippen molar-refractivity contribution < 1.29 is 9.53 Å². The number of ether oxygens (including phenoxy) is 1. The van der Waals surface area contributed by atoms with E-state index >= 15 is 0 Å². The molecule has 1 aliphatic rings. The third-order valence-corrected chi connectivity index (χ3v) is 2.65. The van der Waals surface area contributed by atoms with Crippen LogP contribution in [0.15, 0.2) is 0 Å². The van der Waals surface area contributed by atoms with Crippen molar-refractivity contribution in [1.29, 1.82) is 0 Å². The number of hydrogen-bond donors (Lipinski definition) is 2. The first-order chi connectivity index (χ1) is 7.22. The molecule has 0 aromatic carbocycles. The molecule has 1 amide bonds. The van der Waals surface area contributed by atoms with Gasteiger partial charge in [0.05, 0.1) is 6.54 Å². The van der Waals surface area contributed by atoms with Gasteiger partial charge < -0.3 is 15.4 Å². The van der Waals surface area contributed by atoms with Crippen LogP contribution in [-0.2, 0) is 9.53 Å². The fourth-order valence-corrected chi connectivity index (χ4v) is 1.31. The zero-order valence-electron chi connectivity index (χ0n) is 9.71. The smallest absolute Gasteiger partial charge is 0.233 e. The number of rotatable bonds is 8. The SMILES string of the molecule is COCCC(C)NCC(=O)NCC1CC1. The van der Waals surface area contributed by atoms with E-state index in [1.54, 1.807) is 7.11 Å². The van der Waals surface area contributed by atoms with E-state index in [2.05, 4.69) is 17.6 Å². The molecule has 4 nitrogen and oxygen atoms in total. The second-order valence-electron chi connectivity index (χ2n) is 4.31. The topological polar surface area (TPSA) is 50.4 Å². The van der Waals surface area contributed by atoms with Crippen molar-refractivity contribution in [1.82, 2.24) is 10.6 Å². The summed E-state index contributed by atoms with van der Waals surface area (Å²) in [4.78, 5) is 11.3. The van der Waals surface area contributed by atoms with Gasteiger partial charge in [0.15, 0.2) is 0 Å². The van der Waals surface area contributed by atoms with Gasteiger partial charge in [0.2, 0.25) is 5.91 Å². The Hall–Kier alpha value is -0.610. The average Bonchev–Trinajstić information content (AvgIpc) is 3.04. The van der Waals surface area contributed by atoms with Crippen molar-refractivity contribution in [3.8, 4) is 0 Å². The molecule has 1 atom stereocenters. The molecular formula is C11H22N2O2. The van der Waals surface area contributed by atoms with Gasteiger partial charge in [-0.2, -0.15) is 0 Å². The molecular weight excluding hydrogens is 192 g/mol. The van der Waals surface area contributed by atoms with Gasteiger partial charge >= 0.3 is 0 Å². The number of hydrogen-bond acceptors (Lipinski definition) is 3. The lowest BCUT2D eigenvalue weighted by atomic mass is 10.2. The molecule has 0 spiro atoms. The van der Waals surface area contributed by atoms with Crippen molar-refractivity contribution in [2.75, 3.05) is 26.8 Å². The highest BCUT2D eigenvalue weighted by Gasteiger charge is 2.21. The molecule has 0 aromatic rings. The summed E-state index contributed by atoms with van der Waals surface area (Å²) in [6.07, 6.45) is 3.49. The molecule has 88 valence electrons. The Morgan fingerprint density at radius 2 is 2.27 bits per heavy atom. The Kier molecular flexibility index (Phi) is 5.65. The molecule has 4 heteroatoms. The van der Waals surface area contributed by atoms with Crippen molar-refractivity contribution in [2.45, 2.75) is 32.2 Å². The highest BCUT2D eigenvalue weighted by molar-refractivity contribution is 5.78. The summed E-state index contributed by atoms with van der Waals surface area (Å²) < 4.78 is 4.97. The van der Waals surface area contributed by atoms with E-state index in [1.165, 1.54) is 12.8 Å². The second kappa shape index (κ2) is 6.80. The first-order valence-electron chi connectivity index (χ1n) is 5.71. The van der Waals surface area contributed by atoms with Crippen LogP contribution in [0.25, 0.3) is 0 Å². The van der Waals surface area contributed by atoms with Gasteiger partial charge in [0.25, 0.3) is 0 Å². The van der Waals surface area contributed by atoms with E-state index < -0.39 is 0 Å². The van der Waals surface area contributed by atoms with Gasteiger partial charge in [0.1, 0.15) is 0 Å². The van der Waals surface area contributed by atoms with Crippen LogP contribution < -0.4 is 10.6 Å². The monoisotopic (exact) mass is 214 g/mol.